The number of rotatable bonds is 6. The first-order valence-corrected chi connectivity index (χ1v) is 5.90. The van der Waals surface area contributed by atoms with Crippen LogP contribution in [0, 0.1) is 6.92 Å². The molecule has 0 unspecified atom stereocenters. The van der Waals surface area contributed by atoms with Crippen LogP contribution in [0.4, 0.5) is 0 Å². The second-order valence-electron chi connectivity index (χ2n) is 5.22. The van der Waals surface area contributed by atoms with Crippen molar-refractivity contribution in [1.82, 2.24) is 4.90 Å². The first kappa shape index (κ1) is 14.2. The summed E-state index contributed by atoms with van der Waals surface area (Å²) in [5.74, 6) is 1.69. The lowest BCUT2D eigenvalue weighted by Gasteiger charge is -2.31. The standard InChI is InChI=1S/C13H24N2O2/c1-10-6-11(17-12(10)7-14)8-16-9-13(2,3)15(4)5/h6H,7-9,14H2,1-5H3. The molecule has 0 radical (unpaired) electrons. The van der Waals surface area contributed by atoms with Crippen molar-refractivity contribution in [3.63, 3.8) is 0 Å². The van der Waals surface area contributed by atoms with Gasteiger partial charge in [-0.2, -0.15) is 0 Å². The highest BCUT2D eigenvalue weighted by Gasteiger charge is 2.20. The Balaban J connectivity index is 2.46. The van der Waals surface area contributed by atoms with Gasteiger partial charge in [0.05, 0.1) is 13.2 Å². The van der Waals surface area contributed by atoms with Crippen LogP contribution >= 0.6 is 0 Å². The average molecular weight is 240 g/mol. The minimum Gasteiger partial charge on any atom is -0.462 e. The molecule has 0 aromatic carbocycles. The summed E-state index contributed by atoms with van der Waals surface area (Å²) in [7, 11) is 4.10. The molecule has 0 fully saturated rings. The molecule has 0 amide bonds. The maximum atomic E-state index is 5.68. The number of nitrogens with zero attached hydrogens (tertiary/aromatic N) is 1. The zero-order valence-corrected chi connectivity index (χ0v) is 11.5. The largest absolute Gasteiger partial charge is 0.462 e. The Kier molecular flexibility index (Phi) is 4.74. The number of furan rings is 1. The van der Waals surface area contributed by atoms with Crippen LogP contribution in [0.15, 0.2) is 10.5 Å². The third kappa shape index (κ3) is 3.84. The van der Waals surface area contributed by atoms with Crippen molar-refractivity contribution in [2.45, 2.75) is 39.5 Å². The molecule has 17 heavy (non-hydrogen) atoms. The summed E-state index contributed by atoms with van der Waals surface area (Å²) in [4.78, 5) is 2.14. The van der Waals surface area contributed by atoms with Gasteiger partial charge in [-0.05, 0) is 46.5 Å². The van der Waals surface area contributed by atoms with Gasteiger partial charge in [-0.25, -0.2) is 0 Å². The molecule has 1 rings (SSSR count). The Bertz CT molecular complexity index is 356. The highest BCUT2D eigenvalue weighted by atomic mass is 16.5. The van der Waals surface area contributed by atoms with E-state index in [1.807, 2.05) is 27.1 Å². The van der Waals surface area contributed by atoms with Crippen LogP contribution < -0.4 is 5.73 Å². The number of likely N-dealkylation sites (N-methyl/N-ethyl adjacent to an activating group) is 1. The van der Waals surface area contributed by atoms with E-state index in [1.165, 1.54) is 0 Å². The lowest BCUT2D eigenvalue weighted by atomic mass is 10.1. The van der Waals surface area contributed by atoms with Crippen LogP contribution in [0.5, 0.6) is 0 Å². The van der Waals surface area contributed by atoms with E-state index in [1.54, 1.807) is 0 Å². The maximum Gasteiger partial charge on any atom is 0.130 e. The zero-order chi connectivity index (χ0) is 13.1. The predicted molar refractivity (Wildman–Crippen MR) is 68.8 cm³/mol. The van der Waals surface area contributed by atoms with E-state index >= 15 is 0 Å². The van der Waals surface area contributed by atoms with Crippen LogP contribution in [0.3, 0.4) is 0 Å². The Morgan fingerprint density at radius 2 is 2.06 bits per heavy atom. The van der Waals surface area contributed by atoms with E-state index in [0.717, 1.165) is 17.1 Å². The lowest BCUT2D eigenvalue weighted by Crippen LogP contribution is -2.42. The fraction of sp³-hybridized carbons (Fsp3) is 0.692. The Labute approximate surface area is 104 Å². The van der Waals surface area contributed by atoms with Crippen LogP contribution in [-0.4, -0.2) is 31.1 Å². The zero-order valence-electron chi connectivity index (χ0n) is 11.5. The van der Waals surface area contributed by atoms with Crippen molar-refractivity contribution in [3.05, 3.63) is 23.2 Å². The number of hydrogen-bond donors (Lipinski definition) is 1. The summed E-state index contributed by atoms with van der Waals surface area (Å²) < 4.78 is 11.3. The lowest BCUT2D eigenvalue weighted by molar-refractivity contribution is 0.0206. The number of aryl methyl sites for hydroxylation is 1. The van der Waals surface area contributed by atoms with E-state index in [0.29, 0.717) is 19.8 Å². The molecule has 0 spiro atoms. The van der Waals surface area contributed by atoms with Crippen molar-refractivity contribution in [2.75, 3.05) is 20.7 Å². The fourth-order valence-electron chi connectivity index (χ4n) is 1.39. The van der Waals surface area contributed by atoms with E-state index in [-0.39, 0.29) is 5.54 Å². The Morgan fingerprint density at radius 3 is 2.53 bits per heavy atom. The summed E-state index contributed by atoms with van der Waals surface area (Å²) in [5, 5.41) is 0. The highest BCUT2D eigenvalue weighted by Crippen LogP contribution is 2.16. The highest BCUT2D eigenvalue weighted by molar-refractivity contribution is 5.19. The van der Waals surface area contributed by atoms with Gasteiger partial charge in [0.2, 0.25) is 0 Å². The summed E-state index contributed by atoms with van der Waals surface area (Å²) in [6.45, 7) is 7.89. The van der Waals surface area contributed by atoms with Gasteiger partial charge in [0.15, 0.2) is 0 Å². The summed E-state index contributed by atoms with van der Waals surface area (Å²) >= 11 is 0. The minimum atomic E-state index is 0.0261. The van der Waals surface area contributed by atoms with Crippen molar-refractivity contribution in [2.24, 2.45) is 5.73 Å². The Hall–Kier alpha value is -0.840. The molecule has 0 aliphatic rings. The van der Waals surface area contributed by atoms with Gasteiger partial charge in [0.25, 0.3) is 0 Å². The van der Waals surface area contributed by atoms with Gasteiger partial charge in [-0.15, -0.1) is 0 Å². The van der Waals surface area contributed by atoms with Crippen LogP contribution in [0.2, 0.25) is 0 Å². The number of hydrogen-bond acceptors (Lipinski definition) is 4. The molecule has 1 heterocycles. The normalized spacial score (nSPS) is 12.4. The second kappa shape index (κ2) is 5.67. The van der Waals surface area contributed by atoms with Crippen LogP contribution in [0.1, 0.15) is 30.9 Å². The smallest absolute Gasteiger partial charge is 0.130 e. The summed E-state index contributed by atoms with van der Waals surface area (Å²) in [6.07, 6.45) is 0. The van der Waals surface area contributed by atoms with Crippen LogP contribution in [-0.2, 0) is 17.9 Å². The molecule has 1 aromatic heterocycles. The number of ether oxygens (including phenoxy) is 1. The predicted octanol–water partition coefficient (Wildman–Crippen LogP) is 1.90. The first-order valence-electron chi connectivity index (χ1n) is 5.90. The maximum absolute atomic E-state index is 5.68. The first-order chi connectivity index (χ1) is 7.86. The molecule has 0 aliphatic heterocycles. The van der Waals surface area contributed by atoms with Crippen molar-refractivity contribution >= 4 is 0 Å². The van der Waals surface area contributed by atoms with Crippen molar-refractivity contribution in [1.29, 1.82) is 0 Å². The molecule has 0 saturated heterocycles. The van der Waals surface area contributed by atoms with Crippen LogP contribution in [0.25, 0.3) is 0 Å². The fourth-order valence-corrected chi connectivity index (χ4v) is 1.39. The monoisotopic (exact) mass is 240 g/mol. The van der Waals surface area contributed by atoms with Gasteiger partial charge in [0.1, 0.15) is 18.1 Å². The molecule has 98 valence electrons. The molecule has 4 heteroatoms. The van der Waals surface area contributed by atoms with E-state index in [9.17, 15) is 0 Å². The molecule has 2 N–H and O–H groups in total. The van der Waals surface area contributed by atoms with E-state index < -0.39 is 0 Å². The van der Waals surface area contributed by atoms with Gasteiger partial charge in [-0.1, -0.05) is 0 Å². The van der Waals surface area contributed by atoms with E-state index in [4.69, 9.17) is 14.9 Å². The van der Waals surface area contributed by atoms with E-state index in [2.05, 4.69) is 18.7 Å². The molecule has 0 atom stereocenters. The molecular formula is C13H24N2O2. The van der Waals surface area contributed by atoms with Crippen molar-refractivity contribution < 1.29 is 9.15 Å². The molecule has 0 aliphatic carbocycles. The van der Waals surface area contributed by atoms with Crippen molar-refractivity contribution in [3.8, 4) is 0 Å². The third-order valence-electron chi connectivity index (χ3n) is 3.17. The van der Waals surface area contributed by atoms with Gasteiger partial charge < -0.3 is 19.8 Å². The Morgan fingerprint density at radius 1 is 1.41 bits per heavy atom. The molecule has 4 nitrogen and oxygen atoms in total. The third-order valence-corrected chi connectivity index (χ3v) is 3.17. The topological polar surface area (TPSA) is 51.6 Å². The minimum absolute atomic E-state index is 0.0261. The summed E-state index contributed by atoms with van der Waals surface area (Å²) in [5.41, 5.74) is 6.68. The molecule has 1 aromatic rings. The second-order valence-corrected chi connectivity index (χ2v) is 5.22. The quantitative estimate of drug-likeness (QED) is 0.825. The molecular weight excluding hydrogens is 216 g/mol. The van der Waals surface area contributed by atoms with Gasteiger partial charge in [-0.3, -0.25) is 0 Å². The average Bonchev–Trinajstić information content (AvgIpc) is 2.58. The number of nitrogens with two attached hydrogens (primary N) is 1. The van der Waals surface area contributed by atoms with Gasteiger partial charge in [0, 0.05) is 5.54 Å². The SMILES string of the molecule is Cc1cc(COCC(C)(C)N(C)C)oc1CN. The molecule has 0 saturated carbocycles. The molecule has 0 bridgehead atoms. The summed E-state index contributed by atoms with van der Waals surface area (Å²) in [6, 6.07) is 1.99. The van der Waals surface area contributed by atoms with Gasteiger partial charge >= 0.3 is 0 Å².